The Labute approximate surface area is 158 Å². The Morgan fingerprint density at radius 1 is 1.12 bits per heavy atom. The summed E-state index contributed by atoms with van der Waals surface area (Å²) in [4.78, 5) is 13.2. The molecule has 2 N–H and O–H groups in total. The lowest BCUT2D eigenvalue weighted by Crippen LogP contribution is -2.54. The van der Waals surface area contributed by atoms with Gasteiger partial charge in [0, 0.05) is 17.1 Å². The summed E-state index contributed by atoms with van der Waals surface area (Å²) >= 11 is 3.48. The second kappa shape index (κ2) is 8.15. The first kappa shape index (κ1) is 18.2. The zero-order valence-electron chi connectivity index (χ0n) is 14.6. The van der Waals surface area contributed by atoms with Gasteiger partial charge in [-0.25, -0.2) is 0 Å². The molecule has 0 heterocycles. The van der Waals surface area contributed by atoms with E-state index in [4.69, 9.17) is 0 Å². The van der Waals surface area contributed by atoms with Crippen molar-refractivity contribution in [3.8, 4) is 0 Å². The highest BCUT2D eigenvalue weighted by Crippen LogP contribution is 2.44. The molecule has 1 amide bonds. The van der Waals surface area contributed by atoms with E-state index in [1.165, 1.54) is 5.56 Å². The summed E-state index contributed by atoms with van der Waals surface area (Å²) in [5.74, 6) is 0.164. The summed E-state index contributed by atoms with van der Waals surface area (Å²) in [5, 5.41) is 6.52. The van der Waals surface area contributed by atoms with Gasteiger partial charge in [0.1, 0.15) is 0 Å². The summed E-state index contributed by atoms with van der Waals surface area (Å²) in [5.41, 5.74) is 2.01. The molecule has 1 aliphatic rings. The monoisotopic (exact) mass is 400 g/mol. The number of amides is 1. The van der Waals surface area contributed by atoms with Crippen LogP contribution in [0.25, 0.3) is 0 Å². The van der Waals surface area contributed by atoms with Crippen LogP contribution in [0.4, 0.5) is 0 Å². The van der Waals surface area contributed by atoms with Gasteiger partial charge in [0.15, 0.2) is 0 Å². The van der Waals surface area contributed by atoms with Crippen molar-refractivity contribution in [3.63, 3.8) is 0 Å². The maximum absolute atomic E-state index is 13.2. The summed E-state index contributed by atoms with van der Waals surface area (Å²) in [6.07, 6.45) is 3.80. The lowest BCUT2D eigenvalue weighted by Gasteiger charge is -2.41. The Morgan fingerprint density at radius 2 is 1.80 bits per heavy atom. The summed E-state index contributed by atoms with van der Waals surface area (Å²) < 4.78 is 1.04. The number of halogens is 1. The molecule has 1 atom stereocenters. The van der Waals surface area contributed by atoms with Gasteiger partial charge in [0.2, 0.25) is 5.91 Å². The second-order valence-electron chi connectivity index (χ2n) is 6.86. The largest absolute Gasteiger partial charge is 0.351 e. The van der Waals surface area contributed by atoms with E-state index in [2.05, 4.69) is 50.8 Å². The van der Waals surface area contributed by atoms with Crippen molar-refractivity contribution < 1.29 is 4.79 Å². The van der Waals surface area contributed by atoms with Crippen LogP contribution in [0, 0.1) is 0 Å². The van der Waals surface area contributed by atoms with Crippen molar-refractivity contribution in [2.45, 2.75) is 37.1 Å². The normalized spacial score (nSPS) is 16.7. The van der Waals surface area contributed by atoms with Crippen molar-refractivity contribution in [1.82, 2.24) is 10.6 Å². The molecular formula is C21H25BrN2O. The number of rotatable bonds is 7. The van der Waals surface area contributed by atoms with E-state index >= 15 is 0 Å². The minimum atomic E-state index is -0.358. The fraction of sp³-hybridized carbons (Fsp3) is 0.381. The highest BCUT2D eigenvalue weighted by Gasteiger charge is 2.45. The third-order valence-electron chi connectivity index (χ3n) is 5.15. The van der Waals surface area contributed by atoms with Gasteiger partial charge >= 0.3 is 0 Å². The first-order valence-electron chi connectivity index (χ1n) is 8.89. The average molecular weight is 401 g/mol. The number of likely N-dealkylation sites (N-methyl/N-ethyl adjacent to an activating group) is 1. The molecule has 3 rings (SSSR count). The van der Waals surface area contributed by atoms with Crippen molar-refractivity contribution in [3.05, 3.63) is 70.2 Å². The Balaban J connectivity index is 1.74. The Bertz CT molecular complexity index is 696. The van der Waals surface area contributed by atoms with Gasteiger partial charge in [-0.05, 0) is 49.6 Å². The number of carbonyl (C=O) groups excluding carboxylic acids is 1. The lowest BCUT2D eigenvalue weighted by atomic mass is 9.63. The van der Waals surface area contributed by atoms with E-state index in [1.54, 1.807) is 0 Å². The van der Waals surface area contributed by atoms with E-state index in [9.17, 15) is 4.79 Å². The molecule has 1 fully saturated rings. The highest BCUT2D eigenvalue weighted by atomic mass is 79.9. The van der Waals surface area contributed by atoms with Crippen LogP contribution >= 0.6 is 15.9 Å². The molecule has 1 aliphatic carbocycles. The fourth-order valence-corrected chi connectivity index (χ4v) is 3.85. The SMILES string of the molecule is CNCC(Cc1ccccc1)NC(=O)C1(c2ccc(Br)cc2)CCC1. The van der Waals surface area contributed by atoms with E-state index in [0.717, 1.165) is 42.3 Å². The van der Waals surface area contributed by atoms with Gasteiger partial charge in [0.05, 0.1) is 5.41 Å². The minimum Gasteiger partial charge on any atom is -0.351 e. The summed E-state index contributed by atoms with van der Waals surface area (Å²) in [7, 11) is 1.93. The van der Waals surface area contributed by atoms with Crippen molar-refractivity contribution in [2.24, 2.45) is 0 Å². The third-order valence-corrected chi connectivity index (χ3v) is 5.68. The van der Waals surface area contributed by atoms with Gasteiger partial charge in [0.25, 0.3) is 0 Å². The number of benzene rings is 2. The fourth-order valence-electron chi connectivity index (χ4n) is 3.59. The van der Waals surface area contributed by atoms with Gasteiger partial charge < -0.3 is 10.6 Å². The predicted molar refractivity (Wildman–Crippen MR) is 106 cm³/mol. The molecule has 132 valence electrons. The molecule has 0 saturated heterocycles. The van der Waals surface area contributed by atoms with E-state index in [1.807, 2.05) is 37.4 Å². The molecule has 0 radical (unpaired) electrons. The minimum absolute atomic E-state index is 0.0906. The average Bonchev–Trinajstić information content (AvgIpc) is 2.57. The standard InChI is InChI=1S/C21H25BrN2O/c1-23-15-19(14-16-6-3-2-4-7-16)24-20(25)21(12-5-13-21)17-8-10-18(22)11-9-17/h2-4,6-11,19,23H,5,12-15H2,1H3,(H,24,25). The zero-order valence-corrected chi connectivity index (χ0v) is 16.2. The van der Waals surface area contributed by atoms with Crippen LogP contribution in [0.2, 0.25) is 0 Å². The highest BCUT2D eigenvalue weighted by molar-refractivity contribution is 9.10. The molecule has 2 aromatic carbocycles. The van der Waals surface area contributed by atoms with Crippen LogP contribution in [0.15, 0.2) is 59.1 Å². The Hall–Kier alpha value is -1.65. The maximum atomic E-state index is 13.2. The molecule has 0 aliphatic heterocycles. The molecule has 0 spiro atoms. The third kappa shape index (κ3) is 4.13. The van der Waals surface area contributed by atoms with Crippen LogP contribution in [-0.2, 0) is 16.6 Å². The van der Waals surface area contributed by atoms with Crippen molar-refractivity contribution >= 4 is 21.8 Å². The molecule has 3 nitrogen and oxygen atoms in total. The number of carbonyl (C=O) groups is 1. The number of hydrogen-bond acceptors (Lipinski definition) is 2. The summed E-state index contributed by atoms with van der Waals surface area (Å²) in [6, 6.07) is 18.6. The van der Waals surface area contributed by atoms with E-state index in [-0.39, 0.29) is 17.4 Å². The van der Waals surface area contributed by atoms with Crippen LogP contribution in [-0.4, -0.2) is 25.5 Å². The van der Waals surface area contributed by atoms with Crippen molar-refractivity contribution in [2.75, 3.05) is 13.6 Å². The Kier molecular flexibility index (Phi) is 5.92. The van der Waals surface area contributed by atoms with Gasteiger partial charge in [-0.15, -0.1) is 0 Å². The molecule has 1 saturated carbocycles. The topological polar surface area (TPSA) is 41.1 Å². The number of nitrogens with one attached hydrogen (secondary N) is 2. The quantitative estimate of drug-likeness (QED) is 0.741. The van der Waals surface area contributed by atoms with Gasteiger partial charge in [-0.3, -0.25) is 4.79 Å². The molecule has 4 heteroatoms. The van der Waals surface area contributed by atoms with Gasteiger partial charge in [-0.1, -0.05) is 64.8 Å². The second-order valence-corrected chi connectivity index (χ2v) is 7.78. The Morgan fingerprint density at radius 3 is 2.36 bits per heavy atom. The van der Waals surface area contributed by atoms with Crippen LogP contribution in [0.5, 0.6) is 0 Å². The maximum Gasteiger partial charge on any atom is 0.230 e. The molecule has 0 bridgehead atoms. The molecule has 2 aromatic rings. The predicted octanol–water partition coefficient (Wildman–Crippen LogP) is 3.82. The molecule has 0 aromatic heterocycles. The van der Waals surface area contributed by atoms with Crippen LogP contribution in [0.3, 0.4) is 0 Å². The van der Waals surface area contributed by atoms with Crippen LogP contribution in [0.1, 0.15) is 30.4 Å². The summed E-state index contributed by atoms with van der Waals surface area (Å²) in [6.45, 7) is 0.761. The smallest absolute Gasteiger partial charge is 0.230 e. The van der Waals surface area contributed by atoms with Crippen molar-refractivity contribution in [1.29, 1.82) is 0 Å². The zero-order chi connectivity index (χ0) is 17.7. The molecular weight excluding hydrogens is 376 g/mol. The molecule has 1 unspecified atom stereocenters. The number of hydrogen-bond donors (Lipinski definition) is 2. The van der Waals surface area contributed by atoms with E-state index < -0.39 is 0 Å². The van der Waals surface area contributed by atoms with E-state index in [0.29, 0.717) is 0 Å². The first-order valence-corrected chi connectivity index (χ1v) is 9.69. The van der Waals surface area contributed by atoms with Crippen LogP contribution < -0.4 is 10.6 Å². The lowest BCUT2D eigenvalue weighted by molar-refractivity contribution is -0.130. The van der Waals surface area contributed by atoms with Gasteiger partial charge in [-0.2, -0.15) is 0 Å². The molecule has 25 heavy (non-hydrogen) atoms. The first-order chi connectivity index (χ1) is 12.1.